The summed E-state index contributed by atoms with van der Waals surface area (Å²) in [5.74, 6) is 2.01. The number of piperidine rings is 1. The number of ether oxygens (including phenoxy) is 1. The SMILES string of the molecule is c1cnc(NC[C@@H]2OC[C@H]3CN(Cc4cccs4)CC[C@H]32)nc1. The summed E-state index contributed by atoms with van der Waals surface area (Å²) in [6, 6.07) is 6.20. The summed E-state index contributed by atoms with van der Waals surface area (Å²) < 4.78 is 6.06. The van der Waals surface area contributed by atoms with E-state index in [-0.39, 0.29) is 6.10 Å². The summed E-state index contributed by atoms with van der Waals surface area (Å²) in [7, 11) is 0. The van der Waals surface area contributed by atoms with E-state index in [0.717, 1.165) is 26.2 Å². The van der Waals surface area contributed by atoms with E-state index in [0.29, 0.717) is 17.8 Å². The number of nitrogens with zero attached hydrogens (tertiary/aromatic N) is 3. The van der Waals surface area contributed by atoms with Gasteiger partial charge >= 0.3 is 0 Å². The highest BCUT2D eigenvalue weighted by Gasteiger charge is 2.40. The van der Waals surface area contributed by atoms with Crippen LogP contribution in [0.25, 0.3) is 0 Å². The van der Waals surface area contributed by atoms with Gasteiger partial charge in [0.15, 0.2) is 0 Å². The van der Waals surface area contributed by atoms with E-state index in [2.05, 4.69) is 37.7 Å². The molecule has 0 aliphatic carbocycles. The van der Waals surface area contributed by atoms with E-state index in [1.165, 1.54) is 17.8 Å². The average molecular weight is 330 g/mol. The zero-order valence-electron chi connectivity index (χ0n) is 13.1. The maximum absolute atomic E-state index is 6.06. The maximum Gasteiger partial charge on any atom is 0.222 e. The van der Waals surface area contributed by atoms with E-state index in [4.69, 9.17) is 4.74 Å². The van der Waals surface area contributed by atoms with Crippen LogP contribution < -0.4 is 5.32 Å². The second-order valence-electron chi connectivity index (χ2n) is 6.35. The highest BCUT2D eigenvalue weighted by atomic mass is 32.1. The van der Waals surface area contributed by atoms with E-state index in [9.17, 15) is 0 Å². The average Bonchev–Trinajstić information content (AvgIpc) is 3.23. The number of anilines is 1. The summed E-state index contributed by atoms with van der Waals surface area (Å²) in [5, 5.41) is 5.47. The van der Waals surface area contributed by atoms with Crippen LogP contribution >= 0.6 is 11.3 Å². The van der Waals surface area contributed by atoms with Crippen molar-refractivity contribution in [2.75, 3.05) is 31.6 Å². The number of nitrogens with one attached hydrogen (secondary N) is 1. The third kappa shape index (κ3) is 3.54. The number of likely N-dealkylation sites (tertiary alicyclic amines) is 1. The summed E-state index contributed by atoms with van der Waals surface area (Å²) in [4.78, 5) is 12.5. The molecule has 23 heavy (non-hydrogen) atoms. The highest BCUT2D eigenvalue weighted by Crippen LogP contribution is 2.35. The fourth-order valence-corrected chi connectivity index (χ4v) is 4.47. The maximum atomic E-state index is 6.06. The van der Waals surface area contributed by atoms with Crippen LogP contribution in [0, 0.1) is 11.8 Å². The smallest absolute Gasteiger partial charge is 0.222 e. The number of rotatable bonds is 5. The van der Waals surface area contributed by atoms with Crippen molar-refractivity contribution in [1.29, 1.82) is 0 Å². The van der Waals surface area contributed by atoms with Crippen LogP contribution in [-0.4, -0.2) is 47.2 Å². The molecule has 0 aromatic carbocycles. The topological polar surface area (TPSA) is 50.3 Å². The molecule has 0 spiro atoms. The zero-order valence-corrected chi connectivity index (χ0v) is 13.9. The Morgan fingerprint density at radius 3 is 3.04 bits per heavy atom. The lowest BCUT2D eigenvalue weighted by atomic mass is 9.84. The van der Waals surface area contributed by atoms with Crippen LogP contribution in [0.15, 0.2) is 36.0 Å². The molecule has 0 saturated carbocycles. The molecule has 2 saturated heterocycles. The fourth-order valence-electron chi connectivity index (χ4n) is 3.72. The van der Waals surface area contributed by atoms with Gasteiger partial charge in [0.2, 0.25) is 5.95 Å². The third-order valence-corrected chi connectivity index (χ3v) is 5.73. The van der Waals surface area contributed by atoms with Crippen molar-refractivity contribution in [3.8, 4) is 0 Å². The molecule has 1 N–H and O–H groups in total. The van der Waals surface area contributed by atoms with Crippen LogP contribution in [0.5, 0.6) is 0 Å². The van der Waals surface area contributed by atoms with E-state index in [1.54, 1.807) is 12.4 Å². The first-order valence-electron chi connectivity index (χ1n) is 8.26. The summed E-state index contributed by atoms with van der Waals surface area (Å²) in [6.45, 7) is 5.09. The number of thiophene rings is 1. The van der Waals surface area contributed by atoms with Gasteiger partial charge in [-0.2, -0.15) is 0 Å². The molecule has 2 fully saturated rings. The van der Waals surface area contributed by atoms with Gasteiger partial charge < -0.3 is 10.1 Å². The minimum absolute atomic E-state index is 0.285. The summed E-state index contributed by atoms with van der Waals surface area (Å²) in [5.41, 5.74) is 0. The minimum Gasteiger partial charge on any atom is -0.376 e. The number of hydrogen-bond donors (Lipinski definition) is 1. The third-order valence-electron chi connectivity index (χ3n) is 4.87. The molecular formula is C17H22N4OS. The molecule has 2 aromatic rings. The quantitative estimate of drug-likeness (QED) is 0.913. The van der Waals surface area contributed by atoms with E-state index >= 15 is 0 Å². The zero-order chi connectivity index (χ0) is 15.5. The molecule has 5 nitrogen and oxygen atoms in total. The normalized spacial score (nSPS) is 27.7. The Morgan fingerprint density at radius 1 is 1.30 bits per heavy atom. The molecular weight excluding hydrogens is 308 g/mol. The monoisotopic (exact) mass is 330 g/mol. The molecule has 4 heterocycles. The van der Waals surface area contributed by atoms with Gasteiger partial charge in [-0.1, -0.05) is 6.07 Å². The van der Waals surface area contributed by atoms with Crippen molar-refractivity contribution in [1.82, 2.24) is 14.9 Å². The second-order valence-corrected chi connectivity index (χ2v) is 7.38. The first-order chi connectivity index (χ1) is 11.4. The van der Waals surface area contributed by atoms with Crippen LogP contribution in [0.4, 0.5) is 5.95 Å². The predicted octanol–water partition coefficient (Wildman–Crippen LogP) is 2.49. The molecule has 6 heteroatoms. The van der Waals surface area contributed by atoms with E-state index < -0.39 is 0 Å². The van der Waals surface area contributed by atoms with Crippen molar-refractivity contribution in [3.05, 3.63) is 40.8 Å². The van der Waals surface area contributed by atoms with Crippen molar-refractivity contribution in [3.63, 3.8) is 0 Å². The Morgan fingerprint density at radius 2 is 2.22 bits per heavy atom. The standard InChI is InChI=1S/C17H22N4OS/c1-3-14(23-8-1)11-21-7-4-15-13(10-21)12-22-16(15)9-20-17-18-5-2-6-19-17/h1-3,5-6,8,13,15-16H,4,7,9-12H2,(H,18,19,20)/t13-,15-,16+/m1/s1. The van der Waals surface area contributed by atoms with Crippen molar-refractivity contribution in [2.45, 2.75) is 19.1 Å². The molecule has 2 aliphatic rings. The van der Waals surface area contributed by atoms with Crippen LogP contribution in [0.1, 0.15) is 11.3 Å². The first-order valence-corrected chi connectivity index (χ1v) is 9.13. The molecule has 122 valence electrons. The molecule has 3 atom stereocenters. The van der Waals surface area contributed by atoms with Crippen molar-refractivity contribution in [2.24, 2.45) is 11.8 Å². The van der Waals surface area contributed by atoms with Crippen molar-refractivity contribution < 1.29 is 4.74 Å². The molecule has 2 aromatic heterocycles. The van der Waals surface area contributed by atoms with Gasteiger partial charge in [-0.15, -0.1) is 11.3 Å². The van der Waals surface area contributed by atoms with Gasteiger partial charge in [0, 0.05) is 42.8 Å². The Bertz CT molecular complexity index is 606. The summed E-state index contributed by atoms with van der Waals surface area (Å²) >= 11 is 1.85. The minimum atomic E-state index is 0.285. The number of fused-ring (bicyclic) bond motifs is 1. The lowest BCUT2D eigenvalue weighted by Gasteiger charge is -2.35. The Balaban J connectivity index is 1.30. The number of aromatic nitrogens is 2. The lowest BCUT2D eigenvalue weighted by molar-refractivity contribution is 0.0947. The van der Waals surface area contributed by atoms with Crippen molar-refractivity contribution >= 4 is 17.3 Å². The lowest BCUT2D eigenvalue weighted by Crippen LogP contribution is -2.42. The van der Waals surface area contributed by atoms with Crippen LogP contribution in [0.3, 0.4) is 0 Å². The molecule has 0 unspecified atom stereocenters. The Labute approximate surface area is 140 Å². The molecule has 0 amide bonds. The number of hydrogen-bond acceptors (Lipinski definition) is 6. The highest BCUT2D eigenvalue weighted by molar-refractivity contribution is 7.09. The van der Waals surface area contributed by atoms with Gasteiger partial charge in [0.1, 0.15) is 0 Å². The predicted molar refractivity (Wildman–Crippen MR) is 91.5 cm³/mol. The fraction of sp³-hybridized carbons (Fsp3) is 0.529. The van der Waals surface area contributed by atoms with Gasteiger partial charge in [0.05, 0.1) is 12.7 Å². The van der Waals surface area contributed by atoms with Crippen LogP contribution in [0.2, 0.25) is 0 Å². The molecule has 0 radical (unpaired) electrons. The second kappa shape index (κ2) is 6.95. The van der Waals surface area contributed by atoms with Crippen LogP contribution in [-0.2, 0) is 11.3 Å². The molecule has 2 aliphatic heterocycles. The first kappa shape index (κ1) is 15.1. The molecule has 0 bridgehead atoms. The van der Waals surface area contributed by atoms with Gasteiger partial charge in [-0.25, -0.2) is 9.97 Å². The Hall–Kier alpha value is -1.50. The van der Waals surface area contributed by atoms with Gasteiger partial charge in [0.25, 0.3) is 0 Å². The van der Waals surface area contributed by atoms with Gasteiger partial charge in [-0.3, -0.25) is 4.90 Å². The molecule has 4 rings (SSSR count). The largest absolute Gasteiger partial charge is 0.376 e. The summed E-state index contributed by atoms with van der Waals surface area (Å²) in [6.07, 6.45) is 5.03. The Kier molecular flexibility index (Phi) is 4.55. The van der Waals surface area contributed by atoms with E-state index in [1.807, 2.05) is 17.4 Å². The van der Waals surface area contributed by atoms with Gasteiger partial charge in [-0.05, 0) is 36.4 Å².